The largest absolute Gasteiger partial charge is 0.333 e. The SMILES string of the molecule is CBCc1ccn(C(F)F)n1. The number of rotatable bonds is 3. The minimum Gasteiger partial charge on any atom is -0.211 e. The zero-order valence-electron chi connectivity index (χ0n) is 6.30. The van der Waals surface area contributed by atoms with Crippen molar-refractivity contribution in [3.05, 3.63) is 18.0 Å². The summed E-state index contributed by atoms with van der Waals surface area (Å²) in [6.07, 6.45) is 2.06. The fraction of sp³-hybridized carbons (Fsp3) is 0.500. The van der Waals surface area contributed by atoms with E-state index in [0.29, 0.717) is 4.68 Å². The molecule has 0 atom stereocenters. The van der Waals surface area contributed by atoms with Crippen LogP contribution in [0.25, 0.3) is 0 Å². The highest BCUT2D eigenvalue weighted by Gasteiger charge is 2.05. The summed E-state index contributed by atoms with van der Waals surface area (Å²) in [6.45, 7) is -0.526. The van der Waals surface area contributed by atoms with Crippen LogP contribution in [0.15, 0.2) is 12.3 Å². The van der Waals surface area contributed by atoms with E-state index in [9.17, 15) is 8.78 Å². The first-order valence-electron chi connectivity index (χ1n) is 3.56. The molecule has 0 radical (unpaired) electrons. The Hall–Kier alpha value is -0.865. The third-order valence-corrected chi connectivity index (χ3v) is 1.37. The quantitative estimate of drug-likeness (QED) is 0.605. The van der Waals surface area contributed by atoms with Crippen LogP contribution in [-0.2, 0) is 6.32 Å². The zero-order valence-corrected chi connectivity index (χ0v) is 6.30. The van der Waals surface area contributed by atoms with Crippen LogP contribution in [-0.4, -0.2) is 17.1 Å². The fourth-order valence-corrected chi connectivity index (χ4v) is 0.876. The van der Waals surface area contributed by atoms with Crippen molar-refractivity contribution in [3.63, 3.8) is 0 Å². The predicted octanol–water partition coefficient (Wildman–Crippen LogP) is 1.26. The van der Waals surface area contributed by atoms with Gasteiger partial charge < -0.3 is 0 Å². The van der Waals surface area contributed by atoms with E-state index in [1.54, 1.807) is 6.07 Å². The lowest BCUT2D eigenvalue weighted by atomic mass is 9.77. The summed E-state index contributed by atoms with van der Waals surface area (Å²) < 4.78 is 24.5. The highest BCUT2D eigenvalue weighted by Crippen LogP contribution is 2.08. The van der Waals surface area contributed by atoms with Crippen LogP contribution < -0.4 is 0 Å². The zero-order chi connectivity index (χ0) is 8.27. The van der Waals surface area contributed by atoms with Crippen molar-refractivity contribution >= 4 is 7.28 Å². The van der Waals surface area contributed by atoms with Crippen molar-refractivity contribution in [2.45, 2.75) is 19.7 Å². The minimum atomic E-state index is -2.51. The number of aromatic nitrogens is 2. The Morgan fingerprint density at radius 1 is 1.73 bits per heavy atom. The molecular formula is C6H9BF2N2. The van der Waals surface area contributed by atoms with Crippen molar-refractivity contribution in [1.82, 2.24) is 9.78 Å². The van der Waals surface area contributed by atoms with E-state index < -0.39 is 6.55 Å². The summed E-state index contributed by atoms with van der Waals surface area (Å²) in [4.78, 5) is 0. The first-order chi connectivity index (χ1) is 5.24. The van der Waals surface area contributed by atoms with E-state index in [0.717, 1.165) is 19.3 Å². The second-order valence-electron chi connectivity index (χ2n) is 2.31. The monoisotopic (exact) mass is 158 g/mol. The summed E-state index contributed by atoms with van der Waals surface area (Å²) in [5.41, 5.74) is 0.729. The molecule has 11 heavy (non-hydrogen) atoms. The molecule has 0 amide bonds. The molecule has 0 aliphatic heterocycles. The summed E-state index contributed by atoms with van der Waals surface area (Å²) >= 11 is 0. The second-order valence-corrected chi connectivity index (χ2v) is 2.31. The first-order valence-corrected chi connectivity index (χ1v) is 3.56. The maximum atomic E-state index is 11.9. The van der Waals surface area contributed by atoms with E-state index >= 15 is 0 Å². The number of hydrogen-bond acceptors (Lipinski definition) is 1. The third kappa shape index (κ3) is 2.03. The lowest BCUT2D eigenvalue weighted by molar-refractivity contribution is 0.0562. The summed E-state index contributed by atoms with van der Waals surface area (Å²) in [7, 11) is 0.931. The van der Waals surface area contributed by atoms with Crippen molar-refractivity contribution in [2.75, 3.05) is 0 Å². The molecular weight excluding hydrogens is 149 g/mol. The maximum Gasteiger partial charge on any atom is 0.333 e. The molecule has 0 unspecified atom stereocenters. The van der Waals surface area contributed by atoms with Crippen molar-refractivity contribution in [3.8, 4) is 0 Å². The lowest BCUT2D eigenvalue weighted by Crippen LogP contribution is -2.00. The van der Waals surface area contributed by atoms with Gasteiger partial charge in [0, 0.05) is 6.20 Å². The van der Waals surface area contributed by atoms with E-state index in [4.69, 9.17) is 0 Å². The molecule has 1 heterocycles. The Balaban J connectivity index is 2.66. The van der Waals surface area contributed by atoms with Crippen molar-refractivity contribution in [1.29, 1.82) is 0 Å². The first kappa shape index (κ1) is 8.23. The Bertz CT molecular complexity index is 224. The topological polar surface area (TPSA) is 17.8 Å². The van der Waals surface area contributed by atoms with Gasteiger partial charge in [0.15, 0.2) is 0 Å². The molecule has 1 aromatic heterocycles. The number of alkyl halides is 2. The van der Waals surface area contributed by atoms with Gasteiger partial charge in [0.1, 0.15) is 7.28 Å². The van der Waals surface area contributed by atoms with Crippen LogP contribution in [0.1, 0.15) is 12.2 Å². The normalized spacial score (nSPS) is 10.5. The van der Waals surface area contributed by atoms with Crippen LogP contribution in [0.2, 0.25) is 6.82 Å². The highest BCUT2D eigenvalue weighted by atomic mass is 19.3. The number of halogens is 2. The van der Waals surface area contributed by atoms with Crippen molar-refractivity contribution < 1.29 is 8.78 Å². The summed E-state index contributed by atoms with van der Waals surface area (Å²) in [6, 6.07) is 1.62. The molecule has 0 fully saturated rings. The van der Waals surface area contributed by atoms with Crippen molar-refractivity contribution in [2.24, 2.45) is 0 Å². The van der Waals surface area contributed by atoms with Gasteiger partial charge in [-0.05, 0) is 12.4 Å². The van der Waals surface area contributed by atoms with E-state index in [1.165, 1.54) is 6.20 Å². The number of nitrogens with zero attached hydrogens (tertiary/aromatic N) is 2. The minimum absolute atomic E-state index is 0.672. The average molecular weight is 158 g/mol. The number of hydrogen-bond donors (Lipinski definition) is 0. The molecule has 0 aromatic carbocycles. The van der Waals surface area contributed by atoms with Crippen LogP contribution in [0.4, 0.5) is 8.78 Å². The molecule has 0 spiro atoms. The molecule has 0 aliphatic carbocycles. The van der Waals surface area contributed by atoms with Gasteiger partial charge in [0.2, 0.25) is 0 Å². The Kier molecular flexibility index (Phi) is 2.62. The average Bonchev–Trinajstić information content (AvgIpc) is 2.37. The molecule has 0 bridgehead atoms. The second kappa shape index (κ2) is 3.50. The Labute approximate surface area is 64.5 Å². The Morgan fingerprint density at radius 2 is 2.45 bits per heavy atom. The predicted molar refractivity (Wildman–Crippen MR) is 40.2 cm³/mol. The van der Waals surface area contributed by atoms with Crippen LogP contribution in [0.3, 0.4) is 0 Å². The molecule has 0 saturated heterocycles. The van der Waals surface area contributed by atoms with Gasteiger partial charge in [-0.1, -0.05) is 6.82 Å². The van der Waals surface area contributed by atoms with Crippen LogP contribution >= 0.6 is 0 Å². The summed E-state index contributed by atoms with van der Waals surface area (Å²) in [5.74, 6) is 0. The van der Waals surface area contributed by atoms with Gasteiger partial charge in [-0.2, -0.15) is 13.9 Å². The van der Waals surface area contributed by atoms with Gasteiger partial charge in [-0.3, -0.25) is 0 Å². The lowest BCUT2D eigenvalue weighted by Gasteiger charge is -1.95. The van der Waals surface area contributed by atoms with E-state index in [-0.39, 0.29) is 0 Å². The third-order valence-electron chi connectivity index (χ3n) is 1.37. The van der Waals surface area contributed by atoms with E-state index in [2.05, 4.69) is 5.10 Å². The highest BCUT2D eigenvalue weighted by molar-refractivity contribution is 6.32. The summed E-state index contributed by atoms with van der Waals surface area (Å²) in [5, 5.41) is 3.67. The van der Waals surface area contributed by atoms with Gasteiger partial charge >= 0.3 is 6.55 Å². The molecule has 2 nitrogen and oxygen atoms in total. The smallest absolute Gasteiger partial charge is 0.211 e. The molecule has 60 valence electrons. The van der Waals surface area contributed by atoms with Gasteiger partial charge in [-0.25, -0.2) is 4.68 Å². The maximum absolute atomic E-state index is 11.9. The van der Waals surface area contributed by atoms with Gasteiger partial charge in [0.25, 0.3) is 0 Å². The molecule has 0 saturated carbocycles. The molecule has 0 N–H and O–H groups in total. The molecule has 0 aliphatic rings. The fourth-order valence-electron chi connectivity index (χ4n) is 0.876. The van der Waals surface area contributed by atoms with Gasteiger partial charge in [0.05, 0.1) is 5.69 Å². The van der Waals surface area contributed by atoms with Gasteiger partial charge in [-0.15, -0.1) is 0 Å². The molecule has 1 aromatic rings. The van der Waals surface area contributed by atoms with E-state index in [1.807, 2.05) is 6.82 Å². The molecule has 1 rings (SSSR count). The van der Waals surface area contributed by atoms with Crippen LogP contribution in [0, 0.1) is 0 Å². The molecule has 5 heteroatoms. The van der Waals surface area contributed by atoms with Crippen LogP contribution in [0.5, 0.6) is 0 Å². The standard InChI is InChI=1S/C6H9BF2N2/c1-7-4-5-2-3-11(10-5)6(8)9/h2-3,6-7H,4H2,1H3. The Morgan fingerprint density at radius 3 is 2.91 bits per heavy atom.